The number of ether oxygens (including phenoxy) is 1. The van der Waals surface area contributed by atoms with Crippen molar-refractivity contribution in [3.63, 3.8) is 0 Å². The van der Waals surface area contributed by atoms with Crippen LogP contribution in [0.1, 0.15) is 5.82 Å². The van der Waals surface area contributed by atoms with Crippen LogP contribution in [-0.4, -0.2) is 41.3 Å². The Morgan fingerprint density at radius 2 is 2.29 bits per heavy atom. The third kappa shape index (κ3) is 2.77. The van der Waals surface area contributed by atoms with Crippen LogP contribution >= 0.6 is 0 Å². The molecule has 112 valence electrons. The first-order valence-electron chi connectivity index (χ1n) is 7.19. The molecule has 1 aromatic heterocycles. The maximum absolute atomic E-state index is 12.0. The number of fused-ring (bicyclic) bond motifs is 1. The van der Waals surface area contributed by atoms with Crippen LogP contribution in [0.2, 0.25) is 0 Å². The number of nitrogens with one attached hydrogen (secondary N) is 1. The highest BCUT2D eigenvalue weighted by Crippen LogP contribution is 2.15. The van der Waals surface area contributed by atoms with Crippen molar-refractivity contribution in [2.24, 2.45) is 11.7 Å². The van der Waals surface area contributed by atoms with Gasteiger partial charge in [-0.2, -0.15) is 0 Å². The van der Waals surface area contributed by atoms with Crippen molar-refractivity contribution in [3.8, 4) is 0 Å². The van der Waals surface area contributed by atoms with Gasteiger partial charge in [0.05, 0.1) is 30.2 Å². The lowest BCUT2D eigenvalue weighted by molar-refractivity contribution is -0.125. The van der Waals surface area contributed by atoms with Gasteiger partial charge in [-0.15, -0.1) is 0 Å². The van der Waals surface area contributed by atoms with E-state index in [-0.39, 0.29) is 17.9 Å². The Hall–Kier alpha value is -1.92. The van der Waals surface area contributed by atoms with Crippen LogP contribution in [0.5, 0.6) is 0 Å². The molecule has 0 saturated carbocycles. The second-order valence-corrected chi connectivity index (χ2v) is 5.40. The summed E-state index contributed by atoms with van der Waals surface area (Å²) in [7, 11) is 0. The van der Waals surface area contributed by atoms with Crippen LogP contribution in [0, 0.1) is 12.8 Å². The summed E-state index contributed by atoms with van der Waals surface area (Å²) in [5.41, 5.74) is 7.91. The van der Waals surface area contributed by atoms with Crippen LogP contribution in [-0.2, 0) is 16.1 Å². The first-order chi connectivity index (χ1) is 10.2. The van der Waals surface area contributed by atoms with Gasteiger partial charge < -0.3 is 20.4 Å². The number of imidazole rings is 1. The predicted octanol–water partition coefficient (Wildman–Crippen LogP) is 0.435. The minimum atomic E-state index is -0.231. The number of nitrogens with zero attached hydrogens (tertiary/aromatic N) is 2. The first kappa shape index (κ1) is 14.0. The van der Waals surface area contributed by atoms with E-state index in [1.807, 2.05) is 31.2 Å². The Balaban J connectivity index is 1.62. The number of para-hydroxylation sites is 2. The maximum Gasteiger partial charge on any atom is 0.227 e. The van der Waals surface area contributed by atoms with Crippen LogP contribution in [0.15, 0.2) is 24.3 Å². The van der Waals surface area contributed by atoms with E-state index in [1.165, 1.54) is 0 Å². The number of carbonyl (C=O) groups is 1. The maximum atomic E-state index is 12.0. The molecule has 0 bridgehead atoms. The fourth-order valence-corrected chi connectivity index (χ4v) is 2.74. The van der Waals surface area contributed by atoms with Gasteiger partial charge in [-0.3, -0.25) is 4.79 Å². The van der Waals surface area contributed by atoms with Crippen molar-refractivity contribution in [2.75, 3.05) is 19.8 Å². The van der Waals surface area contributed by atoms with Crippen molar-refractivity contribution >= 4 is 16.9 Å². The summed E-state index contributed by atoms with van der Waals surface area (Å²) in [4.78, 5) is 16.5. The van der Waals surface area contributed by atoms with E-state index in [0.29, 0.717) is 26.3 Å². The fourth-order valence-electron chi connectivity index (χ4n) is 2.74. The number of amides is 1. The molecule has 1 saturated heterocycles. The quantitative estimate of drug-likeness (QED) is 0.855. The van der Waals surface area contributed by atoms with Crippen LogP contribution in [0.25, 0.3) is 11.0 Å². The predicted molar refractivity (Wildman–Crippen MR) is 79.8 cm³/mol. The van der Waals surface area contributed by atoms with Gasteiger partial charge in [-0.25, -0.2) is 4.98 Å². The lowest BCUT2D eigenvalue weighted by Crippen LogP contribution is -2.41. The van der Waals surface area contributed by atoms with Crippen LogP contribution in [0.4, 0.5) is 0 Å². The molecule has 3 N–H and O–H groups in total. The van der Waals surface area contributed by atoms with Crippen molar-refractivity contribution in [1.82, 2.24) is 14.9 Å². The Morgan fingerprint density at radius 3 is 3.05 bits per heavy atom. The highest BCUT2D eigenvalue weighted by molar-refractivity contribution is 5.80. The van der Waals surface area contributed by atoms with Gasteiger partial charge in [0.25, 0.3) is 0 Å². The number of hydrogen-bond acceptors (Lipinski definition) is 4. The summed E-state index contributed by atoms with van der Waals surface area (Å²) < 4.78 is 7.33. The van der Waals surface area contributed by atoms with E-state index in [1.54, 1.807) is 0 Å². The highest BCUT2D eigenvalue weighted by Gasteiger charge is 2.30. The summed E-state index contributed by atoms with van der Waals surface area (Å²) in [5, 5.41) is 2.94. The molecule has 3 rings (SSSR count). The number of aryl methyl sites for hydroxylation is 1. The van der Waals surface area contributed by atoms with E-state index in [9.17, 15) is 4.79 Å². The van der Waals surface area contributed by atoms with Gasteiger partial charge in [0, 0.05) is 19.1 Å². The Labute approximate surface area is 123 Å². The lowest BCUT2D eigenvalue weighted by Gasteiger charge is -2.14. The molecule has 0 radical (unpaired) electrons. The molecule has 1 amide bonds. The first-order valence-corrected chi connectivity index (χ1v) is 7.19. The minimum absolute atomic E-state index is 0.0259. The van der Waals surface area contributed by atoms with E-state index in [4.69, 9.17) is 10.5 Å². The van der Waals surface area contributed by atoms with Crippen molar-refractivity contribution in [1.29, 1.82) is 0 Å². The number of carbonyl (C=O) groups excluding carboxylic acids is 1. The molecule has 1 aliphatic rings. The molecule has 6 heteroatoms. The summed E-state index contributed by atoms with van der Waals surface area (Å²) >= 11 is 0. The summed E-state index contributed by atoms with van der Waals surface area (Å²) in [6.45, 7) is 4.11. The SMILES string of the molecule is Cc1nc2ccccc2n1CCNC(=O)C1COCC1N. The van der Waals surface area contributed by atoms with Gasteiger partial charge in [-0.05, 0) is 19.1 Å². The molecular weight excluding hydrogens is 268 g/mol. The van der Waals surface area contributed by atoms with E-state index < -0.39 is 0 Å². The van der Waals surface area contributed by atoms with Gasteiger partial charge in [0.1, 0.15) is 5.82 Å². The normalized spacial score (nSPS) is 21.8. The monoisotopic (exact) mass is 288 g/mol. The summed E-state index contributed by atoms with van der Waals surface area (Å²) in [6, 6.07) is 7.81. The number of hydrogen-bond donors (Lipinski definition) is 2. The van der Waals surface area contributed by atoms with E-state index in [0.717, 1.165) is 16.9 Å². The zero-order valence-electron chi connectivity index (χ0n) is 12.1. The van der Waals surface area contributed by atoms with E-state index >= 15 is 0 Å². The van der Waals surface area contributed by atoms with Crippen molar-refractivity contribution in [3.05, 3.63) is 30.1 Å². The summed E-state index contributed by atoms with van der Waals surface area (Å²) in [6.07, 6.45) is 0. The topological polar surface area (TPSA) is 82.2 Å². The summed E-state index contributed by atoms with van der Waals surface area (Å²) in [5.74, 6) is 0.694. The lowest BCUT2D eigenvalue weighted by atomic mass is 10.0. The molecule has 1 aromatic carbocycles. The standard InChI is InChI=1S/C15H20N4O2/c1-10-18-13-4-2-3-5-14(13)19(10)7-6-17-15(20)11-8-21-9-12(11)16/h2-5,11-12H,6-9,16H2,1H3,(H,17,20). The van der Waals surface area contributed by atoms with Gasteiger partial charge >= 0.3 is 0 Å². The van der Waals surface area contributed by atoms with Crippen LogP contribution < -0.4 is 11.1 Å². The van der Waals surface area contributed by atoms with Crippen molar-refractivity contribution < 1.29 is 9.53 Å². The van der Waals surface area contributed by atoms with Crippen molar-refractivity contribution in [2.45, 2.75) is 19.5 Å². The zero-order chi connectivity index (χ0) is 14.8. The van der Waals surface area contributed by atoms with Crippen LogP contribution in [0.3, 0.4) is 0 Å². The fraction of sp³-hybridized carbons (Fsp3) is 0.467. The third-order valence-corrected chi connectivity index (χ3v) is 3.94. The highest BCUT2D eigenvalue weighted by atomic mass is 16.5. The molecular formula is C15H20N4O2. The smallest absolute Gasteiger partial charge is 0.227 e. The Morgan fingerprint density at radius 1 is 1.48 bits per heavy atom. The molecule has 21 heavy (non-hydrogen) atoms. The molecule has 1 aliphatic heterocycles. The molecule has 2 unspecified atom stereocenters. The number of nitrogens with two attached hydrogens (primary N) is 1. The average molecular weight is 288 g/mol. The van der Waals surface area contributed by atoms with Gasteiger partial charge in [-0.1, -0.05) is 12.1 Å². The average Bonchev–Trinajstić information content (AvgIpc) is 3.03. The number of rotatable bonds is 4. The molecule has 2 atom stereocenters. The van der Waals surface area contributed by atoms with Gasteiger partial charge in [0.2, 0.25) is 5.91 Å². The molecule has 0 spiro atoms. The Kier molecular flexibility index (Phi) is 3.90. The largest absolute Gasteiger partial charge is 0.379 e. The molecule has 1 fully saturated rings. The molecule has 6 nitrogen and oxygen atoms in total. The zero-order valence-corrected chi connectivity index (χ0v) is 12.1. The second kappa shape index (κ2) is 5.83. The number of aromatic nitrogens is 2. The Bertz CT molecular complexity index is 652. The third-order valence-electron chi connectivity index (χ3n) is 3.94. The minimum Gasteiger partial charge on any atom is -0.379 e. The molecule has 2 heterocycles. The second-order valence-electron chi connectivity index (χ2n) is 5.40. The van der Waals surface area contributed by atoms with Gasteiger partial charge in [0.15, 0.2) is 0 Å². The van der Waals surface area contributed by atoms with E-state index in [2.05, 4.69) is 14.9 Å². The number of benzene rings is 1. The molecule has 0 aliphatic carbocycles. The molecule has 2 aromatic rings.